The molecule has 144 valence electrons. The number of amides is 1. The van der Waals surface area contributed by atoms with E-state index in [1.807, 2.05) is 12.1 Å². The molecule has 0 atom stereocenters. The van der Waals surface area contributed by atoms with Crippen molar-refractivity contribution in [2.75, 3.05) is 19.5 Å². The quantitative estimate of drug-likeness (QED) is 0.651. The van der Waals surface area contributed by atoms with Gasteiger partial charge in [-0.3, -0.25) is 9.78 Å². The maximum Gasteiger partial charge on any atom is 0.270 e. The Morgan fingerprint density at radius 3 is 2.54 bits per heavy atom. The van der Waals surface area contributed by atoms with Crippen molar-refractivity contribution in [1.29, 1.82) is 0 Å². The zero-order valence-electron chi connectivity index (χ0n) is 15.9. The molecule has 0 unspecified atom stereocenters. The third-order valence-corrected chi connectivity index (χ3v) is 3.94. The maximum atomic E-state index is 12.5. The SMILES string of the molecule is COc1ccc(Nc2nc(C)cc(C(=O)NCc3ccncc3)n2)c(OC)c1. The Kier molecular flexibility index (Phi) is 6.01. The summed E-state index contributed by atoms with van der Waals surface area (Å²) in [7, 11) is 3.15. The second-order valence-corrected chi connectivity index (χ2v) is 5.95. The number of aryl methyl sites for hydroxylation is 1. The molecule has 0 spiro atoms. The molecule has 0 aliphatic carbocycles. The van der Waals surface area contributed by atoms with Gasteiger partial charge < -0.3 is 20.1 Å². The van der Waals surface area contributed by atoms with Crippen molar-refractivity contribution in [2.24, 2.45) is 0 Å². The number of benzene rings is 1. The van der Waals surface area contributed by atoms with Crippen LogP contribution in [0.5, 0.6) is 11.5 Å². The number of nitrogens with one attached hydrogen (secondary N) is 2. The number of aromatic nitrogens is 3. The number of pyridine rings is 1. The van der Waals surface area contributed by atoms with E-state index in [1.54, 1.807) is 57.8 Å². The molecule has 28 heavy (non-hydrogen) atoms. The highest BCUT2D eigenvalue weighted by atomic mass is 16.5. The largest absolute Gasteiger partial charge is 0.497 e. The van der Waals surface area contributed by atoms with Crippen LogP contribution in [0.4, 0.5) is 11.6 Å². The monoisotopic (exact) mass is 379 g/mol. The summed E-state index contributed by atoms with van der Waals surface area (Å²) >= 11 is 0. The highest BCUT2D eigenvalue weighted by Crippen LogP contribution is 2.30. The van der Waals surface area contributed by atoms with E-state index in [9.17, 15) is 4.79 Å². The van der Waals surface area contributed by atoms with Crippen LogP contribution in [-0.2, 0) is 6.54 Å². The minimum atomic E-state index is -0.285. The fraction of sp³-hybridized carbons (Fsp3) is 0.200. The Morgan fingerprint density at radius 1 is 1.04 bits per heavy atom. The zero-order valence-corrected chi connectivity index (χ0v) is 15.9. The van der Waals surface area contributed by atoms with Crippen molar-refractivity contribution < 1.29 is 14.3 Å². The first-order chi connectivity index (χ1) is 13.6. The third-order valence-electron chi connectivity index (χ3n) is 3.94. The minimum absolute atomic E-state index is 0.275. The Morgan fingerprint density at radius 2 is 1.82 bits per heavy atom. The Hall–Kier alpha value is -3.68. The van der Waals surface area contributed by atoms with Gasteiger partial charge in [-0.15, -0.1) is 0 Å². The van der Waals surface area contributed by atoms with Gasteiger partial charge >= 0.3 is 0 Å². The summed E-state index contributed by atoms with van der Waals surface area (Å²) in [5.41, 5.74) is 2.56. The number of carbonyl (C=O) groups is 1. The number of nitrogens with zero attached hydrogens (tertiary/aromatic N) is 3. The molecule has 2 heterocycles. The van der Waals surface area contributed by atoms with Gasteiger partial charge in [-0.2, -0.15) is 0 Å². The van der Waals surface area contributed by atoms with Gasteiger partial charge in [-0.05, 0) is 42.8 Å². The van der Waals surface area contributed by atoms with Crippen LogP contribution >= 0.6 is 0 Å². The van der Waals surface area contributed by atoms with E-state index in [4.69, 9.17) is 9.47 Å². The summed E-state index contributed by atoms with van der Waals surface area (Å²) in [5, 5.41) is 5.94. The molecule has 1 amide bonds. The van der Waals surface area contributed by atoms with Gasteiger partial charge in [0, 0.05) is 30.7 Å². The number of rotatable bonds is 7. The molecule has 3 aromatic rings. The van der Waals surface area contributed by atoms with Gasteiger partial charge in [0.1, 0.15) is 17.2 Å². The number of hydrogen-bond acceptors (Lipinski definition) is 7. The summed E-state index contributed by atoms with van der Waals surface area (Å²) in [6.45, 7) is 2.19. The summed E-state index contributed by atoms with van der Waals surface area (Å²) in [4.78, 5) is 25.1. The van der Waals surface area contributed by atoms with Gasteiger partial charge in [-0.1, -0.05) is 0 Å². The van der Waals surface area contributed by atoms with Crippen LogP contribution in [0.3, 0.4) is 0 Å². The maximum absolute atomic E-state index is 12.5. The summed E-state index contributed by atoms with van der Waals surface area (Å²) in [6.07, 6.45) is 3.36. The second-order valence-electron chi connectivity index (χ2n) is 5.95. The van der Waals surface area contributed by atoms with Gasteiger partial charge in [0.05, 0.1) is 19.9 Å². The van der Waals surface area contributed by atoms with Crippen molar-refractivity contribution in [2.45, 2.75) is 13.5 Å². The molecule has 2 N–H and O–H groups in total. The Labute approximate surface area is 163 Å². The van der Waals surface area contributed by atoms with Crippen molar-refractivity contribution in [3.63, 3.8) is 0 Å². The lowest BCUT2D eigenvalue weighted by Gasteiger charge is -2.12. The van der Waals surface area contributed by atoms with Gasteiger partial charge in [0.2, 0.25) is 5.95 Å². The lowest BCUT2D eigenvalue weighted by molar-refractivity contribution is 0.0945. The molecule has 0 aliphatic heterocycles. The van der Waals surface area contributed by atoms with Crippen LogP contribution in [0.1, 0.15) is 21.7 Å². The molecule has 8 nitrogen and oxygen atoms in total. The summed E-state index contributed by atoms with van der Waals surface area (Å²) in [6, 6.07) is 10.7. The molecule has 0 aliphatic rings. The van der Waals surface area contributed by atoms with Gasteiger partial charge in [0.25, 0.3) is 5.91 Å². The zero-order chi connectivity index (χ0) is 19.9. The average molecular weight is 379 g/mol. The van der Waals surface area contributed by atoms with E-state index in [1.165, 1.54) is 0 Å². The fourth-order valence-electron chi connectivity index (χ4n) is 2.54. The van der Waals surface area contributed by atoms with E-state index in [0.29, 0.717) is 35.4 Å². The third kappa shape index (κ3) is 4.73. The smallest absolute Gasteiger partial charge is 0.270 e. The van der Waals surface area contributed by atoms with Crippen LogP contribution in [0.2, 0.25) is 0 Å². The number of methoxy groups -OCH3 is 2. The van der Waals surface area contributed by atoms with Crippen LogP contribution in [0.15, 0.2) is 48.8 Å². The standard InChI is InChI=1S/C20H21N5O3/c1-13-10-17(19(26)22-12-14-6-8-21-9-7-14)25-20(23-13)24-16-5-4-15(27-2)11-18(16)28-3/h4-11H,12H2,1-3H3,(H,22,26)(H,23,24,25). The van der Waals surface area contributed by atoms with Crippen molar-refractivity contribution in [3.05, 3.63) is 65.7 Å². The molecule has 8 heteroatoms. The molecule has 0 saturated carbocycles. The predicted molar refractivity (Wildman–Crippen MR) is 105 cm³/mol. The van der Waals surface area contributed by atoms with Crippen LogP contribution in [-0.4, -0.2) is 35.1 Å². The van der Waals surface area contributed by atoms with Gasteiger partial charge in [0.15, 0.2) is 0 Å². The number of anilines is 2. The normalized spacial score (nSPS) is 10.2. The first-order valence-corrected chi connectivity index (χ1v) is 8.61. The molecular weight excluding hydrogens is 358 g/mol. The number of carbonyl (C=O) groups excluding carboxylic acids is 1. The molecule has 0 saturated heterocycles. The highest BCUT2D eigenvalue weighted by molar-refractivity contribution is 5.92. The van der Waals surface area contributed by atoms with E-state index in [0.717, 1.165) is 5.56 Å². The minimum Gasteiger partial charge on any atom is -0.497 e. The van der Waals surface area contributed by atoms with E-state index >= 15 is 0 Å². The molecule has 2 aromatic heterocycles. The molecule has 0 bridgehead atoms. The number of ether oxygens (including phenoxy) is 2. The van der Waals surface area contributed by atoms with Crippen molar-refractivity contribution >= 4 is 17.5 Å². The van der Waals surface area contributed by atoms with Crippen molar-refractivity contribution in [1.82, 2.24) is 20.3 Å². The predicted octanol–water partition coefficient (Wildman–Crippen LogP) is 2.87. The topological polar surface area (TPSA) is 98.3 Å². The highest BCUT2D eigenvalue weighted by Gasteiger charge is 2.12. The lowest BCUT2D eigenvalue weighted by Crippen LogP contribution is -2.24. The van der Waals surface area contributed by atoms with Crippen molar-refractivity contribution in [3.8, 4) is 11.5 Å². The van der Waals surface area contributed by atoms with Crippen LogP contribution < -0.4 is 20.1 Å². The Balaban J connectivity index is 1.77. The fourth-order valence-corrected chi connectivity index (χ4v) is 2.54. The summed E-state index contributed by atoms with van der Waals surface area (Å²) in [5.74, 6) is 1.27. The van der Waals surface area contributed by atoms with E-state index < -0.39 is 0 Å². The molecule has 3 rings (SSSR count). The first-order valence-electron chi connectivity index (χ1n) is 8.61. The van der Waals surface area contributed by atoms with E-state index in [-0.39, 0.29) is 11.6 Å². The van der Waals surface area contributed by atoms with Gasteiger partial charge in [-0.25, -0.2) is 9.97 Å². The van der Waals surface area contributed by atoms with E-state index in [2.05, 4.69) is 25.6 Å². The molecule has 0 radical (unpaired) electrons. The average Bonchev–Trinajstić information content (AvgIpc) is 2.72. The molecule has 0 fully saturated rings. The van der Waals surface area contributed by atoms with Crippen LogP contribution in [0, 0.1) is 6.92 Å². The Bertz CT molecular complexity index is 963. The molecular formula is C20H21N5O3. The second kappa shape index (κ2) is 8.81. The summed E-state index contributed by atoms with van der Waals surface area (Å²) < 4.78 is 10.6. The lowest BCUT2D eigenvalue weighted by atomic mass is 10.2. The first kappa shape index (κ1) is 19.1. The molecule has 1 aromatic carbocycles. The van der Waals surface area contributed by atoms with Crippen LogP contribution in [0.25, 0.3) is 0 Å². The number of hydrogen-bond donors (Lipinski definition) is 2.